The second kappa shape index (κ2) is 8.03. The number of hydrogen-bond acceptors (Lipinski definition) is 3. The molecule has 2 amide bonds. The Bertz CT molecular complexity index is 699. The van der Waals surface area contributed by atoms with Crippen LogP contribution in [0.25, 0.3) is 0 Å². The predicted octanol–water partition coefficient (Wildman–Crippen LogP) is 2.97. The Morgan fingerprint density at radius 3 is 2.14 bits per heavy atom. The van der Waals surface area contributed by atoms with Gasteiger partial charge in [-0.1, -0.05) is 23.7 Å². The number of amides is 2. The molecule has 2 N–H and O–H groups in total. The number of nitrogens with one attached hydrogen (secondary N) is 2. The lowest BCUT2D eigenvalue weighted by Crippen LogP contribution is -2.62. The third-order valence-corrected chi connectivity index (χ3v) is 7.23. The molecule has 4 saturated carbocycles. The van der Waals surface area contributed by atoms with Crippen molar-refractivity contribution >= 4 is 23.4 Å². The first kappa shape index (κ1) is 19.7. The molecule has 0 saturated heterocycles. The third kappa shape index (κ3) is 4.06. The highest BCUT2D eigenvalue weighted by molar-refractivity contribution is 6.30. The number of carbonyl (C=O) groups excluding carboxylic acids is 2. The summed E-state index contributed by atoms with van der Waals surface area (Å²) in [4.78, 5) is 26.9. The topological polar surface area (TPSA) is 61.4 Å². The molecule has 1 aromatic carbocycles. The van der Waals surface area contributed by atoms with Crippen molar-refractivity contribution in [2.45, 2.75) is 50.6 Å². The number of hydrogen-bond donors (Lipinski definition) is 2. The van der Waals surface area contributed by atoms with E-state index < -0.39 is 0 Å². The number of likely N-dealkylation sites (N-methyl/N-ethyl adjacent to an activating group) is 1. The molecule has 0 spiro atoms. The Balaban J connectivity index is 1.53. The molecule has 0 radical (unpaired) electrons. The van der Waals surface area contributed by atoms with Crippen LogP contribution in [0.1, 0.15) is 44.1 Å². The minimum atomic E-state index is -0.105. The molecule has 5 rings (SSSR count). The van der Waals surface area contributed by atoms with Crippen LogP contribution in [0.3, 0.4) is 0 Å². The lowest BCUT2D eigenvalue weighted by atomic mass is 9.52. The Hall–Kier alpha value is -1.59. The van der Waals surface area contributed by atoms with E-state index in [2.05, 4.69) is 15.5 Å². The van der Waals surface area contributed by atoms with Crippen LogP contribution in [0.15, 0.2) is 24.3 Å². The summed E-state index contributed by atoms with van der Waals surface area (Å²) in [7, 11) is 1.61. The fraction of sp³-hybridized carbons (Fsp3) is 0.636. The van der Waals surface area contributed by atoms with Crippen LogP contribution in [0.5, 0.6) is 0 Å². The molecule has 0 heterocycles. The Morgan fingerprint density at radius 1 is 1.04 bits per heavy atom. The summed E-state index contributed by atoms with van der Waals surface area (Å²) >= 11 is 6.05. The summed E-state index contributed by atoms with van der Waals surface area (Å²) in [5.41, 5.74) is 1.10. The number of halogens is 1. The van der Waals surface area contributed by atoms with Gasteiger partial charge in [0, 0.05) is 24.2 Å². The molecule has 0 unspecified atom stereocenters. The van der Waals surface area contributed by atoms with Crippen molar-refractivity contribution < 1.29 is 9.59 Å². The molecule has 28 heavy (non-hydrogen) atoms. The summed E-state index contributed by atoms with van der Waals surface area (Å²) < 4.78 is 0. The maximum atomic E-state index is 13.3. The molecular weight excluding hydrogens is 374 g/mol. The van der Waals surface area contributed by atoms with E-state index in [1.54, 1.807) is 7.05 Å². The van der Waals surface area contributed by atoms with Crippen LogP contribution in [0.4, 0.5) is 0 Å². The molecule has 4 bridgehead atoms. The van der Waals surface area contributed by atoms with Crippen molar-refractivity contribution in [2.75, 3.05) is 20.1 Å². The minimum absolute atomic E-state index is 0.0137. The Labute approximate surface area is 172 Å². The van der Waals surface area contributed by atoms with Gasteiger partial charge in [0.1, 0.15) is 0 Å². The summed E-state index contributed by atoms with van der Waals surface area (Å²) in [6, 6.07) is 7.81. The van der Waals surface area contributed by atoms with Gasteiger partial charge >= 0.3 is 0 Å². The monoisotopic (exact) mass is 403 g/mol. The highest BCUT2D eigenvalue weighted by Crippen LogP contribution is 2.58. The van der Waals surface area contributed by atoms with Gasteiger partial charge in [-0.05, 0) is 74.0 Å². The van der Waals surface area contributed by atoms with Gasteiger partial charge in [-0.15, -0.1) is 0 Å². The van der Waals surface area contributed by atoms with E-state index in [1.807, 2.05) is 24.3 Å². The first-order chi connectivity index (χ1) is 13.5. The van der Waals surface area contributed by atoms with Gasteiger partial charge in [0.25, 0.3) is 0 Å². The summed E-state index contributed by atoms with van der Waals surface area (Å²) in [5.74, 6) is 2.30. The van der Waals surface area contributed by atoms with E-state index in [9.17, 15) is 9.59 Å². The zero-order valence-electron chi connectivity index (χ0n) is 16.5. The van der Waals surface area contributed by atoms with Crippen molar-refractivity contribution in [3.8, 4) is 0 Å². The zero-order chi connectivity index (χ0) is 19.7. The molecule has 4 aliphatic carbocycles. The van der Waals surface area contributed by atoms with Gasteiger partial charge in [0.05, 0.1) is 13.1 Å². The van der Waals surface area contributed by atoms with Gasteiger partial charge in [-0.3, -0.25) is 14.9 Å². The Kier molecular flexibility index (Phi) is 5.66. The standard InChI is InChI=1S/C22H30ClN3O2/c1-24-20(27)12-25-13-21(28)26(14-15-2-4-19(23)5-3-15)22-9-16-6-17(10-22)8-18(7-16)11-22/h2-5,16-18,25H,6-14H2,1H3,(H,24,27). The SMILES string of the molecule is CNC(=O)CNCC(=O)N(Cc1ccc(Cl)cc1)C12CC3CC(CC(C3)C1)C2. The molecule has 5 nitrogen and oxygen atoms in total. The summed E-state index contributed by atoms with van der Waals surface area (Å²) in [6.07, 6.45) is 7.43. The maximum Gasteiger partial charge on any atom is 0.237 e. The zero-order valence-corrected chi connectivity index (χ0v) is 17.3. The van der Waals surface area contributed by atoms with Gasteiger partial charge in [0.2, 0.25) is 11.8 Å². The largest absolute Gasteiger partial charge is 0.358 e. The predicted molar refractivity (Wildman–Crippen MR) is 110 cm³/mol. The summed E-state index contributed by atoms with van der Waals surface area (Å²) in [5, 5.41) is 6.31. The third-order valence-electron chi connectivity index (χ3n) is 6.97. The lowest BCUT2D eigenvalue weighted by molar-refractivity contribution is -0.151. The van der Waals surface area contributed by atoms with E-state index in [4.69, 9.17) is 11.6 Å². The Morgan fingerprint density at radius 2 is 1.61 bits per heavy atom. The van der Waals surface area contributed by atoms with Crippen molar-refractivity contribution in [3.05, 3.63) is 34.9 Å². The van der Waals surface area contributed by atoms with E-state index >= 15 is 0 Å². The molecule has 6 heteroatoms. The molecule has 0 atom stereocenters. The molecular formula is C22H30ClN3O2. The van der Waals surface area contributed by atoms with Gasteiger partial charge < -0.3 is 10.2 Å². The van der Waals surface area contributed by atoms with E-state index in [0.717, 1.165) is 42.6 Å². The van der Waals surface area contributed by atoms with Crippen molar-refractivity contribution in [3.63, 3.8) is 0 Å². The molecule has 152 valence electrons. The molecule has 4 fully saturated rings. The number of benzene rings is 1. The maximum absolute atomic E-state index is 13.3. The normalized spacial score (nSPS) is 30.3. The molecule has 4 aliphatic rings. The molecule has 0 aliphatic heterocycles. The average Bonchev–Trinajstić information content (AvgIpc) is 2.66. The van der Waals surface area contributed by atoms with Crippen molar-refractivity contribution in [2.24, 2.45) is 17.8 Å². The van der Waals surface area contributed by atoms with Gasteiger partial charge in [0.15, 0.2) is 0 Å². The van der Waals surface area contributed by atoms with Crippen molar-refractivity contribution in [1.82, 2.24) is 15.5 Å². The second-order valence-corrected chi connectivity index (χ2v) is 9.46. The van der Waals surface area contributed by atoms with E-state index in [1.165, 1.54) is 19.3 Å². The van der Waals surface area contributed by atoms with E-state index in [-0.39, 0.29) is 30.4 Å². The first-order valence-electron chi connectivity index (χ1n) is 10.4. The number of nitrogens with zero attached hydrogens (tertiary/aromatic N) is 1. The second-order valence-electron chi connectivity index (χ2n) is 9.02. The van der Waals surface area contributed by atoms with E-state index in [0.29, 0.717) is 11.6 Å². The smallest absolute Gasteiger partial charge is 0.237 e. The quantitative estimate of drug-likeness (QED) is 0.735. The van der Waals surface area contributed by atoms with Gasteiger partial charge in [-0.25, -0.2) is 0 Å². The highest BCUT2D eigenvalue weighted by atomic mass is 35.5. The van der Waals surface area contributed by atoms with Crippen LogP contribution in [-0.4, -0.2) is 42.4 Å². The molecule has 1 aromatic rings. The molecule has 0 aromatic heterocycles. The fourth-order valence-electron chi connectivity index (χ4n) is 6.16. The van der Waals surface area contributed by atoms with Gasteiger partial charge in [-0.2, -0.15) is 0 Å². The van der Waals surface area contributed by atoms with Crippen molar-refractivity contribution in [1.29, 1.82) is 0 Å². The van der Waals surface area contributed by atoms with Crippen LogP contribution >= 0.6 is 11.6 Å². The first-order valence-corrected chi connectivity index (χ1v) is 10.8. The summed E-state index contributed by atoms with van der Waals surface area (Å²) in [6.45, 7) is 0.977. The van der Waals surface area contributed by atoms with Crippen LogP contribution < -0.4 is 10.6 Å². The van der Waals surface area contributed by atoms with Crippen LogP contribution in [-0.2, 0) is 16.1 Å². The van der Waals surface area contributed by atoms with Crippen LogP contribution in [0.2, 0.25) is 5.02 Å². The van der Waals surface area contributed by atoms with Crippen LogP contribution in [0, 0.1) is 17.8 Å². The fourth-order valence-corrected chi connectivity index (χ4v) is 6.28. The average molecular weight is 404 g/mol. The number of rotatable bonds is 7. The minimum Gasteiger partial charge on any atom is -0.358 e. The number of carbonyl (C=O) groups is 2. The highest BCUT2D eigenvalue weighted by Gasteiger charge is 2.54. The lowest BCUT2D eigenvalue weighted by Gasteiger charge is -2.60.